The van der Waals surface area contributed by atoms with E-state index >= 15 is 0 Å². The van der Waals surface area contributed by atoms with Gasteiger partial charge in [0.25, 0.3) is 0 Å². The fourth-order valence-electron chi connectivity index (χ4n) is 9.66. The highest BCUT2D eigenvalue weighted by Crippen LogP contribution is 2.68. The highest BCUT2D eigenvalue weighted by molar-refractivity contribution is 6.31. The fraction of sp³-hybridized carbons (Fsp3) is 0.767. The second-order valence-electron chi connectivity index (χ2n) is 13.2. The van der Waals surface area contributed by atoms with E-state index in [2.05, 4.69) is 24.2 Å². The molecular weight excluding hydrogens is 486 g/mol. The number of hydrogen-bond acceptors (Lipinski definition) is 5. The van der Waals surface area contributed by atoms with Gasteiger partial charge >= 0.3 is 0 Å². The van der Waals surface area contributed by atoms with E-state index in [1.54, 1.807) is 10.7 Å². The number of fused-ring (bicyclic) bond motifs is 6. The van der Waals surface area contributed by atoms with Crippen molar-refractivity contribution in [2.24, 2.45) is 40.4 Å². The smallest absolute Gasteiger partial charge is 0.157 e. The van der Waals surface area contributed by atoms with Gasteiger partial charge in [0.05, 0.1) is 17.7 Å². The van der Waals surface area contributed by atoms with Crippen molar-refractivity contribution >= 4 is 28.4 Å². The van der Waals surface area contributed by atoms with Crippen molar-refractivity contribution in [1.82, 2.24) is 15.0 Å². The molecule has 4 aliphatic carbocycles. The molecule has 2 aromatic rings. The van der Waals surface area contributed by atoms with Crippen LogP contribution in [-0.4, -0.2) is 44.7 Å². The minimum absolute atomic E-state index is 0.0533. The molecule has 0 unspecified atom stereocenters. The first-order chi connectivity index (χ1) is 17.7. The monoisotopic (exact) mass is 527 g/mol. The molecule has 202 valence electrons. The molecule has 6 rings (SSSR count). The lowest BCUT2D eigenvalue weighted by atomic mass is 9.43. The van der Waals surface area contributed by atoms with Crippen LogP contribution in [0.25, 0.3) is 11.0 Å². The molecule has 0 aliphatic heterocycles. The largest absolute Gasteiger partial charge is 0.390 e. The van der Waals surface area contributed by atoms with Crippen LogP contribution >= 0.6 is 11.6 Å². The van der Waals surface area contributed by atoms with E-state index in [1.807, 2.05) is 19.1 Å². The summed E-state index contributed by atoms with van der Waals surface area (Å²) >= 11 is 6.12. The quantitative estimate of drug-likeness (QED) is 0.492. The minimum atomic E-state index is -0.544. The SMILES string of the molecule is CCOC[C@]12CC[C@@](C)(O)C[C@@H]1CC[C@H]1[C@@H]3CC[C@H](C(=O)Cn4nnc5cc(Cl)ccc54)[C@@]3(C)CC[C@@H]12. The van der Waals surface area contributed by atoms with Crippen molar-refractivity contribution in [3.8, 4) is 0 Å². The van der Waals surface area contributed by atoms with E-state index in [9.17, 15) is 9.90 Å². The van der Waals surface area contributed by atoms with Gasteiger partial charge in [0.15, 0.2) is 5.78 Å². The number of ketones is 1. The maximum atomic E-state index is 13.8. The van der Waals surface area contributed by atoms with Crippen LogP contribution in [0, 0.1) is 40.4 Å². The predicted molar refractivity (Wildman–Crippen MR) is 144 cm³/mol. The first kappa shape index (κ1) is 25.8. The van der Waals surface area contributed by atoms with Crippen molar-refractivity contribution in [1.29, 1.82) is 0 Å². The zero-order valence-corrected chi connectivity index (χ0v) is 23.3. The molecular formula is C30H42ClN3O3. The highest BCUT2D eigenvalue weighted by Gasteiger charge is 2.63. The molecule has 1 N–H and O–H groups in total. The van der Waals surface area contributed by atoms with E-state index in [-0.39, 0.29) is 23.3 Å². The van der Waals surface area contributed by atoms with E-state index in [0.29, 0.717) is 34.5 Å². The standard InChI is InChI=1S/C30H42ClN3O3/c1-4-37-18-30-14-13-28(2,36)16-19(30)5-7-21-22-8-9-24(29(22,3)12-11-23(21)30)27(35)17-34-26-10-6-20(31)15-25(26)32-33-34/h6,10,15,19,21-24,36H,4-5,7-9,11-14,16-18H2,1-3H3/t19-,21-,22-,23-,24+,28+,29-,30+/m0/s1. The summed E-state index contributed by atoms with van der Waals surface area (Å²) in [7, 11) is 0. The number of hydrogen-bond donors (Lipinski definition) is 1. The van der Waals surface area contributed by atoms with Crippen molar-refractivity contribution < 1.29 is 14.6 Å². The number of carbonyl (C=O) groups is 1. The number of carbonyl (C=O) groups excluding carboxylic acids is 1. The normalized spacial score (nSPS) is 41.3. The summed E-state index contributed by atoms with van der Waals surface area (Å²) in [5, 5.41) is 20.1. The summed E-state index contributed by atoms with van der Waals surface area (Å²) in [6.07, 6.45) is 9.69. The second kappa shape index (κ2) is 9.31. The average Bonchev–Trinajstić information content (AvgIpc) is 3.42. The van der Waals surface area contributed by atoms with E-state index in [1.165, 1.54) is 19.3 Å². The van der Waals surface area contributed by atoms with Gasteiger partial charge in [0.1, 0.15) is 12.1 Å². The van der Waals surface area contributed by atoms with Gasteiger partial charge in [0, 0.05) is 17.5 Å². The number of aromatic nitrogens is 3. The fourth-order valence-corrected chi connectivity index (χ4v) is 9.82. The van der Waals surface area contributed by atoms with Gasteiger partial charge in [-0.3, -0.25) is 4.79 Å². The number of halogens is 1. The molecule has 0 bridgehead atoms. The maximum absolute atomic E-state index is 13.8. The number of ether oxygens (including phenoxy) is 1. The Morgan fingerprint density at radius 3 is 2.78 bits per heavy atom. The second-order valence-corrected chi connectivity index (χ2v) is 13.7. The molecule has 1 aromatic heterocycles. The van der Waals surface area contributed by atoms with Crippen LogP contribution in [0.15, 0.2) is 18.2 Å². The Bertz CT molecular complexity index is 1180. The molecule has 6 nitrogen and oxygen atoms in total. The van der Waals surface area contributed by atoms with Crippen LogP contribution in [0.3, 0.4) is 0 Å². The van der Waals surface area contributed by atoms with Gasteiger partial charge in [-0.25, -0.2) is 4.68 Å². The Hall–Kier alpha value is -1.50. The molecule has 0 spiro atoms. The Morgan fingerprint density at radius 2 is 1.97 bits per heavy atom. The average molecular weight is 528 g/mol. The van der Waals surface area contributed by atoms with Crippen LogP contribution in [0.1, 0.15) is 78.6 Å². The van der Waals surface area contributed by atoms with Gasteiger partial charge in [0.2, 0.25) is 0 Å². The van der Waals surface area contributed by atoms with Crippen LogP contribution < -0.4 is 0 Å². The number of aliphatic hydroxyl groups is 1. The molecule has 8 atom stereocenters. The maximum Gasteiger partial charge on any atom is 0.157 e. The zero-order valence-electron chi connectivity index (χ0n) is 22.6. The third-order valence-corrected chi connectivity index (χ3v) is 11.6. The third kappa shape index (κ3) is 4.17. The molecule has 4 fully saturated rings. The molecule has 0 amide bonds. The van der Waals surface area contributed by atoms with Gasteiger partial charge in [-0.2, -0.15) is 0 Å². The molecule has 0 radical (unpaired) electrons. The van der Waals surface area contributed by atoms with Crippen molar-refractivity contribution in [2.75, 3.05) is 13.2 Å². The molecule has 4 aliphatic rings. The Morgan fingerprint density at radius 1 is 1.14 bits per heavy atom. The summed E-state index contributed by atoms with van der Waals surface area (Å²) in [5.41, 5.74) is 1.30. The minimum Gasteiger partial charge on any atom is -0.390 e. The Balaban J connectivity index is 1.23. The van der Waals surface area contributed by atoms with Crippen LogP contribution in [0.4, 0.5) is 0 Å². The van der Waals surface area contributed by atoms with Crippen LogP contribution in [-0.2, 0) is 16.1 Å². The third-order valence-electron chi connectivity index (χ3n) is 11.4. The lowest BCUT2D eigenvalue weighted by molar-refractivity contribution is -0.178. The van der Waals surface area contributed by atoms with Crippen LogP contribution in [0.5, 0.6) is 0 Å². The summed E-state index contributed by atoms with van der Waals surface area (Å²) in [6.45, 7) is 8.41. The zero-order chi connectivity index (χ0) is 26.0. The van der Waals surface area contributed by atoms with E-state index in [4.69, 9.17) is 16.3 Å². The van der Waals surface area contributed by atoms with Crippen molar-refractivity contribution in [3.63, 3.8) is 0 Å². The molecule has 0 saturated heterocycles. The molecule has 7 heteroatoms. The summed E-state index contributed by atoms with van der Waals surface area (Å²) in [6, 6.07) is 5.55. The number of nitrogens with zero attached hydrogens (tertiary/aromatic N) is 3. The van der Waals surface area contributed by atoms with E-state index < -0.39 is 5.60 Å². The highest BCUT2D eigenvalue weighted by atomic mass is 35.5. The van der Waals surface area contributed by atoms with Gasteiger partial charge in [-0.1, -0.05) is 23.7 Å². The Kier molecular flexibility index (Phi) is 6.48. The summed E-state index contributed by atoms with van der Waals surface area (Å²) < 4.78 is 7.94. The van der Waals surface area contributed by atoms with Gasteiger partial charge in [-0.15, -0.1) is 5.10 Å². The summed E-state index contributed by atoms with van der Waals surface area (Å²) in [5.74, 6) is 2.82. The first-order valence-corrected chi connectivity index (χ1v) is 14.9. The molecule has 37 heavy (non-hydrogen) atoms. The summed E-state index contributed by atoms with van der Waals surface area (Å²) in [4.78, 5) is 13.8. The Labute approximate surface area is 225 Å². The van der Waals surface area contributed by atoms with Gasteiger partial charge < -0.3 is 9.84 Å². The first-order valence-electron chi connectivity index (χ1n) is 14.5. The topological polar surface area (TPSA) is 77.2 Å². The predicted octanol–water partition coefficient (Wildman–Crippen LogP) is 6.08. The lowest BCUT2D eigenvalue weighted by Crippen LogP contribution is -2.58. The van der Waals surface area contributed by atoms with Crippen molar-refractivity contribution in [3.05, 3.63) is 23.2 Å². The van der Waals surface area contributed by atoms with Crippen molar-refractivity contribution in [2.45, 2.75) is 90.7 Å². The lowest BCUT2D eigenvalue weighted by Gasteiger charge is -2.62. The number of benzene rings is 1. The number of Topliss-reactive ketones (excluding diaryl/α,β-unsaturated/α-hetero) is 1. The van der Waals surface area contributed by atoms with Crippen LogP contribution in [0.2, 0.25) is 5.02 Å². The number of rotatable bonds is 6. The van der Waals surface area contributed by atoms with E-state index in [0.717, 1.165) is 62.8 Å². The molecule has 4 saturated carbocycles. The van der Waals surface area contributed by atoms with Gasteiger partial charge in [-0.05, 0) is 124 Å². The molecule has 1 heterocycles. The molecule has 1 aromatic carbocycles.